The Kier molecular flexibility index (Phi) is 3.82. The van der Waals surface area contributed by atoms with Crippen LogP contribution in [-0.4, -0.2) is 44.7 Å². The molecule has 0 radical (unpaired) electrons. The summed E-state index contributed by atoms with van der Waals surface area (Å²) < 4.78 is 2.30. The van der Waals surface area contributed by atoms with E-state index in [-0.39, 0.29) is 17.9 Å². The molecule has 2 saturated carbocycles. The van der Waals surface area contributed by atoms with Crippen molar-refractivity contribution in [3.63, 3.8) is 0 Å². The Bertz CT molecular complexity index is 808. The first-order chi connectivity index (χ1) is 12.6. The zero-order valence-corrected chi connectivity index (χ0v) is 15.2. The van der Waals surface area contributed by atoms with Gasteiger partial charge in [-0.25, -0.2) is 4.98 Å². The number of likely N-dealkylation sites (tertiary alicyclic amines) is 1. The van der Waals surface area contributed by atoms with E-state index < -0.39 is 0 Å². The number of rotatable bonds is 3. The Morgan fingerprint density at radius 1 is 1.23 bits per heavy atom. The molecule has 0 unspecified atom stereocenters. The van der Waals surface area contributed by atoms with E-state index in [0.29, 0.717) is 24.2 Å². The van der Waals surface area contributed by atoms with Gasteiger partial charge in [0, 0.05) is 48.7 Å². The number of carbonyl (C=O) groups is 1. The van der Waals surface area contributed by atoms with Crippen molar-refractivity contribution >= 4 is 16.9 Å². The highest BCUT2D eigenvalue weighted by Crippen LogP contribution is 2.47. The van der Waals surface area contributed by atoms with Gasteiger partial charge in [0.25, 0.3) is 0 Å². The van der Waals surface area contributed by atoms with Crippen molar-refractivity contribution < 1.29 is 9.90 Å². The number of hydrogen-bond acceptors (Lipinski definition) is 3. The molecule has 138 valence electrons. The van der Waals surface area contributed by atoms with Crippen LogP contribution in [0.1, 0.15) is 38.5 Å². The Morgan fingerprint density at radius 3 is 2.73 bits per heavy atom. The first-order valence-electron chi connectivity index (χ1n) is 9.99. The first-order valence-corrected chi connectivity index (χ1v) is 9.99. The van der Waals surface area contributed by atoms with Gasteiger partial charge in [0.2, 0.25) is 5.91 Å². The smallest absolute Gasteiger partial charge is 0.225 e. The Morgan fingerprint density at radius 2 is 2.00 bits per heavy atom. The molecule has 5 heteroatoms. The highest BCUT2D eigenvalue weighted by Gasteiger charge is 2.49. The van der Waals surface area contributed by atoms with E-state index in [1.54, 1.807) is 0 Å². The van der Waals surface area contributed by atoms with Crippen LogP contribution >= 0.6 is 0 Å². The van der Waals surface area contributed by atoms with Gasteiger partial charge < -0.3 is 14.6 Å². The molecule has 5 rings (SSSR count). The quantitative estimate of drug-likeness (QED) is 0.923. The second-order valence-electron chi connectivity index (χ2n) is 8.84. The minimum atomic E-state index is -0.242. The van der Waals surface area contributed by atoms with Crippen LogP contribution in [0, 0.1) is 17.3 Å². The van der Waals surface area contributed by atoms with Gasteiger partial charge in [-0.1, -0.05) is 0 Å². The number of amides is 1. The summed E-state index contributed by atoms with van der Waals surface area (Å²) in [6.07, 6.45) is 10.1. The number of carbonyl (C=O) groups excluding carboxylic acids is 1. The summed E-state index contributed by atoms with van der Waals surface area (Å²) in [5, 5.41) is 10.6. The molecule has 1 aliphatic heterocycles. The van der Waals surface area contributed by atoms with Crippen LogP contribution in [0.2, 0.25) is 0 Å². The molecule has 3 heterocycles. The van der Waals surface area contributed by atoms with Gasteiger partial charge in [-0.2, -0.15) is 0 Å². The van der Waals surface area contributed by atoms with Gasteiger partial charge in [0.1, 0.15) is 5.65 Å². The van der Waals surface area contributed by atoms with Crippen LogP contribution in [-0.2, 0) is 11.3 Å². The summed E-state index contributed by atoms with van der Waals surface area (Å²) in [6.45, 7) is 2.94. The molecule has 1 N–H and O–H groups in total. The maximum atomic E-state index is 12.4. The number of fused-ring (bicyclic) bond motifs is 1. The van der Waals surface area contributed by atoms with Gasteiger partial charge in [-0.15, -0.1) is 0 Å². The van der Waals surface area contributed by atoms with Crippen molar-refractivity contribution in [3.8, 4) is 0 Å². The Hall–Kier alpha value is -1.88. The number of aliphatic hydroxyl groups is 1. The van der Waals surface area contributed by atoms with Crippen molar-refractivity contribution in [2.24, 2.45) is 17.3 Å². The van der Waals surface area contributed by atoms with Crippen LogP contribution in [0.4, 0.5) is 0 Å². The van der Waals surface area contributed by atoms with E-state index in [9.17, 15) is 9.90 Å². The third kappa shape index (κ3) is 2.73. The summed E-state index contributed by atoms with van der Waals surface area (Å²) in [5.74, 6) is 1.09. The van der Waals surface area contributed by atoms with E-state index in [4.69, 9.17) is 0 Å². The molecule has 0 atom stereocenters. The van der Waals surface area contributed by atoms with Crippen LogP contribution in [0.25, 0.3) is 11.0 Å². The SMILES string of the molecule is O=C(C1CC(O)C1)N1CC2(CCC(Cn3ccc4cccnc43)CC2)C1. The van der Waals surface area contributed by atoms with Crippen molar-refractivity contribution in [2.45, 2.75) is 51.2 Å². The number of nitrogens with zero attached hydrogens (tertiary/aromatic N) is 3. The third-order valence-electron chi connectivity index (χ3n) is 6.97. The summed E-state index contributed by atoms with van der Waals surface area (Å²) in [5.41, 5.74) is 1.47. The molecule has 1 saturated heterocycles. The second kappa shape index (κ2) is 6.08. The minimum Gasteiger partial charge on any atom is -0.393 e. The monoisotopic (exact) mass is 353 g/mol. The second-order valence-corrected chi connectivity index (χ2v) is 8.84. The normalized spacial score (nSPS) is 28.1. The average molecular weight is 353 g/mol. The fraction of sp³-hybridized carbons (Fsp3) is 0.619. The molecule has 2 aromatic rings. The van der Waals surface area contributed by atoms with E-state index in [1.165, 1.54) is 31.1 Å². The maximum absolute atomic E-state index is 12.4. The van der Waals surface area contributed by atoms with Crippen LogP contribution < -0.4 is 0 Å². The number of hydrogen-bond donors (Lipinski definition) is 1. The lowest BCUT2D eigenvalue weighted by molar-refractivity contribution is -0.157. The fourth-order valence-electron chi connectivity index (χ4n) is 5.20. The summed E-state index contributed by atoms with van der Waals surface area (Å²) >= 11 is 0. The topological polar surface area (TPSA) is 58.4 Å². The van der Waals surface area contributed by atoms with E-state index in [0.717, 1.165) is 25.3 Å². The Balaban J connectivity index is 1.14. The van der Waals surface area contributed by atoms with Crippen molar-refractivity contribution in [2.75, 3.05) is 13.1 Å². The van der Waals surface area contributed by atoms with Gasteiger partial charge in [-0.05, 0) is 62.6 Å². The fourth-order valence-corrected chi connectivity index (χ4v) is 5.20. The molecule has 0 aromatic carbocycles. The zero-order valence-electron chi connectivity index (χ0n) is 15.2. The van der Waals surface area contributed by atoms with Crippen LogP contribution in [0.3, 0.4) is 0 Å². The number of aromatic nitrogens is 2. The lowest BCUT2D eigenvalue weighted by Gasteiger charge is -2.55. The highest BCUT2D eigenvalue weighted by molar-refractivity contribution is 5.80. The number of aliphatic hydroxyl groups excluding tert-OH is 1. The van der Waals surface area contributed by atoms with E-state index in [2.05, 4.69) is 27.9 Å². The standard InChI is InChI=1S/C21H27N3O2/c25-18-10-17(11-18)20(26)24-13-21(14-24)6-3-15(4-7-21)12-23-9-5-16-2-1-8-22-19(16)23/h1-2,5,8-9,15,17-18,25H,3-4,6-7,10-14H2. The summed E-state index contributed by atoms with van der Waals surface area (Å²) in [7, 11) is 0. The van der Waals surface area contributed by atoms with Crippen LogP contribution in [0.5, 0.6) is 0 Å². The first kappa shape index (κ1) is 16.3. The van der Waals surface area contributed by atoms with Gasteiger partial charge in [-0.3, -0.25) is 4.79 Å². The molecular formula is C21H27N3O2. The predicted molar refractivity (Wildman–Crippen MR) is 99.4 cm³/mol. The number of pyridine rings is 1. The average Bonchev–Trinajstić information content (AvgIpc) is 3.00. The molecule has 2 aliphatic carbocycles. The summed E-state index contributed by atoms with van der Waals surface area (Å²) in [6, 6.07) is 6.26. The Labute approximate surface area is 154 Å². The van der Waals surface area contributed by atoms with E-state index >= 15 is 0 Å². The van der Waals surface area contributed by atoms with E-state index in [1.807, 2.05) is 17.2 Å². The maximum Gasteiger partial charge on any atom is 0.225 e. The highest BCUT2D eigenvalue weighted by atomic mass is 16.3. The van der Waals surface area contributed by atoms with Gasteiger partial charge in [0.05, 0.1) is 6.10 Å². The predicted octanol–water partition coefficient (Wildman–Crippen LogP) is 2.83. The lowest BCUT2D eigenvalue weighted by Crippen LogP contribution is -2.61. The molecule has 3 aliphatic rings. The third-order valence-corrected chi connectivity index (χ3v) is 6.97. The molecule has 0 bridgehead atoms. The van der Waals surface area contributed by atoms with Crippen molar-refractivity contribution in [3.05, 3.63) is 30.6 Å². The van der Waals surface area contributed by atoms with Crippen molar-refractivity contribution in [1.29, 1.82) is 0 Å². The molecular weight excluding hydrogens is 326 g/mol. The molecule has 2 aromatic heterocycles. The van der Waals surface area contributed by atoms with Crippen molar-refractivity contribution in [1.82, 2.24) is 14.5 Å². The largest absolute Gasteiger partial charge is 0.393 e. The zero-order chi connectivity index (χ0) is 17.7. The molecule has 26 heavy (non-hydrogen) atoms. The molecule has 1 spiro atoms. The minimum absolute atomic E-state index is 0.0909. The molecule has 5 nitrogen and oxygen atoms in total. The lowest BCUT2D eigenvalue weighted by atomic mass is 9.65. The summed E-state index contributed by atoms with van der Waals surface area (Å²) in [4.78, 5) is 19.0. The van der Waals surface area contributed by atoms with Gasteiger partial charge in [0.15, 0.2) is 0 Å². The van der Waals surface area contributed by atoms with Crippen LogP contribution in [0.15, 0.2) is 30.6 Å². The molecule has 1 amide bonds. The molecule has 3 fully saturated rings. The van der Waals surface area contributed by atoms with Gasteiger partial charge >= 0.3 is 0 Å².